The molecule has 3 aliphatic heterocycles. The predicted octanol–water partition coefficient (Wildman–Crippen LogP) is 3.18. The smallest absolute Gasteiger partial charge is 0.270 e. The van der Waals surface area contributed by atoms with E-state index < -0.39 is 17.9 Å². The van der Waals surface area contributed by atoms with Gasteiger partial charge in [0, 0.05) is 88.1 Å². The van der Waals surface area contributed by atoms with Gasteiger partial charge in [0.25, 0.3) is 11.5 Å². The minimum Gasteiger partial charge on any atom is -0.496 e. The summed E-state index contributed by atoms with van der Waals surface area (Å²) in [5.41, 5.74) is 6.33. The quantitative estimate of drug-likeness (QED) is 0.317. The van der Waals surface area contributed by atoms with Crippen LogP contribution < -0.4 is 30.6 Å². The van der Waals surface area contributed by atoms with E-state index in [1.807, 2.05) is 26.1 Å². The molecule has 0 radical (unpaired) electrons. The minimum absolute atomic E-state index is 0.0142. The van der Waals surface area contributed by atoms with Crippen molar-refractivity contribution in [2.45, 2.75) is 71.0 Å². The third-order valence-electron chi connectivity index (χ3n) is 12.1. The molecule has 0 bridgehead atoms. The van der Waals surface area contributed by atoms with Gasteiger partial charge in [0.05, 0.1) is 31.7 Å². The molecule has 7 rings (SSSR count). The summed E-state index contributed by atoms with van der Waals surface area (Å²) in [6.45, 7) is 10.7. The van der Waals surface area contributed by atoms with E-state index >= 15 is 0 Å². The summed E-state index contributed by atoms with van der Waals surface area (Å²) in [7, 11) is 5.20. The first-order valence-corrected chi connectivity index (χ1v) is 18.7. The molecular weight excluding hydrogens is 674 g/mol. The Hall–Kier alpha value is -4.75. The number of carbonyl (C=O) groups excluding carboxylic acids is 3. The van der Waals surface area contributed by atoms with Crippen molar-refractivity contribution in [3.05, 3.63) is 69.4 Å². The number of rotatable bonds is 9. The Kier molecular flexibility index (Phi) is 10.3. The van der Waals surface area contributed by atoms with Crippen LogP contribution in [0.1, 0.15) is 65.7 Å². The number of pyridine rings is 2. The van der Waals surface area contributed by atoms with E-state index in [1.54, 1.807) is 38.1 Å². The van der Waals surface area contributed by atoms with Crippen molar-refractivity contribution in [2.75, 3.05) is 58.4 Å². The van der Waals surface area contributed by atoms with Crippen molar-refractivity contribution in [1.82, 2.24) is 30.0 Å². The third kappa shape index (κ3) is 7.41. The Bertz CT molecular complexity index is 1910. The number of piperidine rings is 1. The highest BCUT2D eigenvalue weighted by Crippen LogP contribution is 2.46. The number of amides is 3. The van der Waals surface area contributed by atoms with Crippen molar-refractivity contribution in [1.29, 1.82) is 0 Å². The van der Waals surface area contributed by atoms with Crippen molar-refractivity contribution in [2.24, 2.45) is 12.5 Å². The summed E-state index contributed by atoms with van der Waals surface area (Å²) < 4.78 is 13.5. The van der Waals surface area contributed by atoms with Crippen LogP contribution in [-0.4, -0.2) is 103 Å². The lowest BCUT2D eigenvalue weighted by Gasteiger charge is -2.55. The maximum absolute atomic E-state index is 12.7. The number of hydrogen-bond donors (Lipinski definition) is 2. The number of aryl methyl sites for hydroxylation is 1. The molecule has 3 amide bonds. The standard InChI is InChI=1S/C40H51N7O6/c1-25-26(2)39(51)44(3)21-30(25)27-18-34(52-4)31(35(19-27)53-5)22-45-14-16-46(17-15-45)28-10-12-40(13-11-28)23-47(24-40)29-6-7-32(41-20-29)37(49)42-33-8-9-36(48)43-38(33)50/h6-7,18-21,28,33H,8-17,22-24H2,1-5H3,(H,42,49)(H,43,48,50). The molecule has 13 nitrogen and oxygen atoms in total. The Morgan fingerprint density at radius 2 is 1.64 bits per heavy atom. The SMILES string of the molecule is COc1cc(-c2cn(C)c(=O)c(C)c2C)cc(OC)c1CN1CCN(C2CCC3(CC2)CN(c2ccc(C(=O)NC4CCC(=O)NC4=O)nc2)C3)CC1. The van der Waals surface area contributed by atoms with E-state index in [1.165, 1.54) is 25.7 Å². The van der Waals surface area contributed by atoms with Crippen LogP contribution in [0.3, 0.4) is 0 Å². The monoisotopic (exact) mass is 725 g/mol. The molecule has 4 fully saturated rings. The number of nitrogens with zero attached hydrogens (tertiary/aromatic N) is 5. The molecule has 13 heteroatoms. The van der Waals surface area contributed by atoms with Crippen LogP contribution in [0.5, 0.6) is 11.5 Å². The van der Waals surface area contributed by atoms with Crippen LogP contribution in [0.15, 0.2) is 41.5 Å². The first-order valence-electron chi connectivity index (χ1n) is 18.7. The van der Waals surface area contributed by atoms with Gasteiger partial charge in [-0.05, 0) is 81.3 Å². The van der Waals surface area contributed by atoms with Gasteiger partial charge in [-0.15, -0.1) is 0 Å². The number of ether oxygens (including phenoxy) is 2. The summed E-state index contributed by atoms with van der Waals surface area (Å²) in [6.07, 6.45) is 8.97. The van der Waals surface area contributed by atoms with E-state index in [2.05, 4.69) is 42.5 Å². The summed E-state index contributed by atoms with van der Waals surface area (Å²) in [5.74, 6) is 0.387. The number of methoxy groups -OCH3 is 2. The van der Waals surface area contributed by atoms with Crippen LogP contribution in [0, 0.1) is 19.3 Å². The molecule has 1 aliphatic carbocycles. The second kappa shape index (κ2) is 14.9. The largest absolute Gasteiger partial charge is 0.496 e. The highest BCUT2D eigenvalue weighted by molar-refractivity contribution is 6.03. The van der Waals surface area contributed by atoms with Gasteiger partial charge in [0.1, 0.15) is 23.2 Å². The summed E-state index contributed by atoms with van der Waals surface area (Å²) in [5, 5.41) is 4.95. The third-order valence-corrected chi connectivity index (χ3v) is 12.1. The zero-order valence-corrected chi connectivity index (χ0v) is 31.5. The fourth-order valence-corrected chi connectivity index (χ4v) is 8.69. The van der Waals surface area contributed by atoms with E-state index in [0.29, 0.717) is 17.9 Å². The first kappa shape index (κ1) is 36.6. The number of hydrogen-bond acceptors (Lipinski definition) is 10. The summed E-state index contributed by atoms with van der Waals surface area (Å²) in [4.78, 5) is 60.5. The van der Waals surface area contributed by atoms with Gasteiger partial charge in [-0.3, -0.25) is 34.3 Å². The van der Waals surface area contributed by atoms with Gasteiger partial charge in [0.2, 0.25) is 11.8 Å². The van der Waals surface area contributed by atoms with Gasteiger partial charge < -0.3 is 24.3 Å². The van der Waals surface area contributed by atoms with Crippen LogP contribution in [0.25, 0.3) is 11.1 Å². The second-order valence-electron chi connectivity index (χ2n) is 15.3. The molecule has 1 unspecified atom stereocenters. The minimum atomic E-state index is -0.720. The van der Waals surface area contributed by atoms with Crippen LogP contribution >= 0.6 is 0 Å². The van der Waals surface area contributed by atoms with E-state index in [4.69, 9.17) is 9.47 Å². The normalized spacial score (nSPS) is 20.9. The first-order chi connectivity index (χ1) is 25.5. The second-order valence-corrected chi connectivity index (χ2v) is 15.3. The van der Waals surface area contributed by atoms with Gasteiger partial charge in [-0.1, -0.05) is 0 Å². The fraction of sp³-hybridized carbons (Fsp3) is 0.525. The van der Waals surface area contributed by atoms with Gasteiger partial charge in [-0.25, -0.2) is 4.98 Å². The molecular formula is C40H51N7O6. The van der Waals surface area contributed by atoms with Gasteiger partial charge in [0.15, 0.2) is 0 Å². The lowest BCUT2D eigenvalue weighted by molar-refractivity contribution is -0.134. The van der Waals surface area contributed by atoms with E-state index in [-0.39, 0.29) is 23.6 Å². The van der Waals surface area contributed by atoms with Crippen molar-refractivity contribution in [3.63, 3.8) is 0 Å². The van der Waals surface area contributed by atoms with Crippen LogP contribution in [0.4, 0.5) is 5.69 Å². The van der Waals surface area contributed by atoms with E-state index in [0.717, 1.165) is 90.8 Å². The fourth-order valence-electron chi connectivity index (χ4n) is 8.69. The molecule has 1 saturated carbocycles. The highest BCUT2D eigenvalue weighted by atomic mass is 16.5. The molecule has 1 aromatic carbocycles. The topological polar surface area (TPSA) is 138 Å². The molecule has 3 aromatic rings. The number of nitrogens with one attached hydrogen (secondary N) is 2. The number of anilines is 1. The number of benzene rings is 1. The van der Waals surface area contributed by atoms with Crippen molar-refractivity contribution < 1.29 is 23.9 Å². The molecule has 2 N–H and O–H groups in total. The Morgan fingerprint density at radius 3 is 2.25 bits per heavy atom. The number of carbonyl (C=O) groups is 3. The molecule has 4 aliphatic rings. The van der Waals surface area contributed by atoms with Crippen molar-refractivity contribution >= 4 is 23.4 Å². The maximum atomic E-state index is 12.7. The van der Waals surface area contributed by atoms with Crippen LogP contribution in [0.2, 0.25) is 0 Å². The molecule has 53 heavy (non-hydrogen) atoms. The average Bonchev–Trinajstić information content (AvgIpc) is 3.16. The Balaban J connectivity index is 0.889. The van der Waals surface area contributed by atoms with E-state index in [9.17, 15) is 19.2 Å². The lowest BCUT2D eigenvalue weighted by atomic mass is 9.67. The van der Waals surface area contributed by atoms with Gasteiger partial charge in [-0.2, -0.15) is 0 Å². The lowest BCUT2D eigenvalue weighted by Crippen LogP contribution is -2.60. The molecule has 1 spiro atoms. The highest BCUT2D eigenvalue weighted by Gasteiger charge is 2.46. The predicted molar refractivity (Wildman–Crippen MR) is 201 cm³/mol. The average molecular weight is 726 g/mol. The Morgan fingerprint density at radius 1 is 0.962 bits per heavy atom. The summed E-state index contributed by atoms with van der Waals surface area (Å²) in [6, 6.07) is 7.66. The molecule has 1 atom stereocenters. The number of piperazine rings is 1. The summed E-state index contributed by atoms with van der Waals surface area (Å²) >= 11 is 0. The molecule has 5 heterocycles. The Labute approximate surface area is 310 Å². The number of aromatic nitrogens is 2. The van der Waals surface area contributed by atoms with Crippen molar-refractivity contribution in [3.8, 4) is 22.6 Å². The molecule has 2 aromatic heterocycles. The zero-order valence-electron chi connectivity index (χ0n) is 31.5. The maximum Gasteiger partial charge on any atom is 0.270 e. The van der Waals surface area contributed by atoms with Gasteiger partial charge >= 0.3 is 0 Å². The zero-order chi connectivity index (χ0) is 37.4. The van der Waals surface area contributed by atoms with Crippen LogP contribution in [-0.2, 0) is 23.2 Å². The molecule has 282 valence electrons. The number of imide groups is 1. The molecule has 3 saturated heterocycles.